The van der Waals surface area contributed by atoms with Gasteiger partial charge in [-0.25, -0.2) is 9.59 Å². The lowest BCUT2D eigenvalue weighted by atomic mass is 10.1. The highest BCUT2D eigenvalue weighted by Crippen LogP contribution is 2.10. The first kappa shape index (κ1) is 20.6. The maximum absolute atomic E-state index is 12.0. The van der Waals surface area contributed by atoms with Crippen molar-refractivity contribution < 1.29 is 29.3 Å². The van der Waals surface area contributed by atoms with Gasteiger partial charge in [0.15, 0.2) is 6.10 Å². The average molecular weight is 348 g/mol. The summed E-state index contributed by atoms with van der Waals surface area (Å²) in [7, 11) is 0. The molecule has 6 heteroatoms. The van der Waals surface area contributed by atoms with Gasteiger partial charge in [0.1, 0.15) is 6.61 Å². The molecule has 1 unspecified atom stereocenters. The fourth-order valence-corrected chi connectivity index (χ4v) is 1.89. The quantitative estimate of drug-likeness (QED) is 0.495. The molecule has 0 aliphatic heterocycles. The maximum Gasteiger partial charge on any atom is 0.334 e. The third-order valence-corrected chi connectivity index (χ3v) is 3.31. The molecule has 2 N–H and O–H groups in total. The van der Waals surface area contributed by atoms with E-state index in [2.05, 4.69) is 6.58 Å². The lowest BCUT2D eigenvalue weighted by molar-refractivity contribution is -0.156. The topological polar surface area (TPSA) is 93.1 Å². The zero-order valence-electron chi connectivity index (χ0n) is 14.3. The average Bonchev–Trinajstić information content (AvgIpc) is 2.63. The van der Waals surface area contributed by atoms with Gasteiger partial charge >= 0.3 is 11.9 Å². The summed E-state index contributed by atoms with van der Waals surface area (Å²) in [6, 6.07) is 9.27. The maximum atomic E-state index is 12.0. The van der Waals surface area contributed by atoms with Gasteiger partial charge in [0.05, 0.1) is 6.61 Å². The minimum atomic E-state index is -0.957. The lowest BCUT2D eigenvalue weighted by Gasteiger charge is -2.16. The Kier molecular flexibility index (Phi) is 9.21. The van der Waals surface area contributed by atoms with Crippen LogP contribution in [0.15, 0.2) is 48.1 Å². The van der Waals surface area contributed by atoms with Crippen LogP contribution in [-0.2, 0) is 19.1 Å². The van der Waals surface area contributed by atoms with Crippen LogP contribution in [0, 0.1) is 0 Å². The van der Waals surface area contributed by atoms with E-state index < -0.39 is 24.6 Å². The van der Waals surface area contributed by atoms with Crippen LogP contribution in [0.3, 0.4) is 0 Å². The van der Waals surface area contributed by atoms with Crippen molar-refractivity contribution >= 4 is 18.0 Å². The van der Waals surface area contributed by atoms with Gasteiger partial charge in [0.25, 0.3) is 0 Å². The molecule has 25 heavy (non-hydrogen) atoms. The molecule has 0 radical (unpaired) electrons. The number of ether oxygens (including phenoxy) is 2. The van der Waals surface area contributed by atoms with Crippen LogP contribution < -0.4 is 0 Å². The Morgan fingerprint density at radius 3 is 2.48 bits per heavy atom. The molecule has 0 aliphatic carbocycles. The summed E-state index contributed by atoms with van der Waals surface area (Å²) in [5.41, 5.74) is 1.43. The van der Waals surface area contributed by atoms with Crippen LogP contribution in [0.2, 0.25) is 0 Å². The fraction of sp³-hybridized carbons (Fsp3) is 0.368. The summed E-state index contributed by atoms with van der Waals surface area (Å²) in [6.07, 6.45) is 1.44. The van der Waals surface area contributed by atoms with Crippen molar-refractivity contribution in [1.29, 1.82) is 0 Å². The van der Waals surface area contributed by atoms with Gasteiger partial charge in [-0.05, 0) is 31.4 Å². The molecule has 136 valence electrons. The van der Waals surface area contributed by atoms with E-state index in [0.29, 0.717) is 18.4 Å². The minimum absolute atomic E-state index is 0.0454. The Hall–Kier alpha value is -2.44. The summed E-state index contributed by atoms with van der Waals surface area (Å²) < 4.78 is 10.1. The number of rotatable bonds is 10. The van der Waals surface area contributed by atoms with Gasteiger partial charge in [-0.1, -0.05) is 36.9 Å². The van der Waals surface area contributed by atoms with Crippen LogP contribution >= 0.6 is 0 Å². The van der Waals surface area contributed by atoms with Crippen molar-refractivity contribution in [3.8, 4) is 0 Å². The van der Waals surface area contributed by atoms with Crippen LogP contribution in [0.1, 0.15) is 25.3 Å². The standard InChI is InChI=1S/C19H24O6/c1-14(7-6-10-20)18(22)24-13-17(12-21)25-19(23)15(2)11-16-8-4-3-5-9-16/h3-5,8-9,11,17,20-21H,1,6-7,10,12-13H2,2H3. The molecule has 0 heterocycles. The zero-order valence-corrected chi connectivity index (χ0v) is 14.3. The molecule has 0 saturated carbocycles. The van der Waals surface area contributed by atoms with Crippen molar-refractivity contribution in [2.45, 2.75) is 25.9 Å². The van der Waals surface area contributed by atoms with Gasteiger partial charge in [-0.2, -0.15) is 0 Å². The van der Waals surface area contributed by atoms with Crippen molar-refractivity contribution in [3.05, 3.63) is 53.6 Å². The smallest absolute Gasteiger partial charge is 0.334 e. The summed E-state index contributed by atoms with van der Waals surface area (Å²) in [5, 5.41) is 18.0. The second-order valence-corrected chi connectivity index (χ2v) is 5.48. The first-order valence-electron chi connectivity index (χ1n) is 7.98. The van der Waals surface area contributed by atoms with Gasteiger partial charge in [-0.15, -0.1) is 0 Å². The number of carbonyl (C=O) groups is 2. The van der Waals surface area contributed by atoms with Crippen LogP contribution in [0.5, 0.6) is 0 Å². The van der Waals surface area contributed by atoms with Crippen molar-refractivity contribution in [3.63, 3.8) is 0 Å². The highest BCUT2D eigenvalue weighted by molar-refractivity contribution is 5.93. The van der Waals surface area contributed by atoms with E-state index in [1.165, 1.54) is 0 Å². The monoisotopic (exact) mass is 348 g/mol. The number of hydrogen-bond donors (Lipinski definition) is 2. The van der Waals surface area contributed by atoms with E-state index in [1.54, 1.807) is 13.0 Å². The molecule has 0 saturated heterocycles. The van der Waals surface area contributed by atoms with E-state index in [9.17, 15) is 14.7 Å². The SMILES string of the molecule is C=C(CCCO)C(=O)OCC(CO)OC(=O)C(C)=Cc1ccccc1. The normalized spacial score (nSPS) is 12.4. The molecule has 0 fully saturated rings. The number of aliphatic hydroxyl groups excluding tert-OH is 2. The van der Waals surface area contributed by atoms with Gasteiger partial charge in [0.2, 0.25) is 0 Å². The van der Waals surface area contributed by atoms with Gasteiger partial charge in [0, 0.05) is 17.8 Å². The number of esters is 2. The lowest BCUT2D eigenvalue weighted by Crippen LogP contribution is -2.29. The van der Waals surface area contributed by atoms with E-state index in [0.717, 1.165) is 5.56 Å². The first-order valence-corrected chi connectivity index (χ1v) is 7.98. The number of hydrogen-bond acceptors (Lipinski definition) is 6. The molecular formula is C19H24O6. The summed E-state index contributed by atoms with van der Waals surface area (Å²) in [5.74, 6) is -1.24. The predicted octanol–water partition coefficient (Wildman–Crippen LogP) is 1.87. The number of aliphatic hydroxyl groups is 2. The Bertz CT molecular complexity index is 606. The highest BCUT2D eigenvalue weighted by atomic mass is 16.6. The Morgan fingerprint density at radius 2 is 1.88 bits per heavy atom. The third-order valence-electron chi connectivity index (χ3n) is 3.31. The summed E-state index contributed by atoms with van der Waals surface area (Å²) in [6.45, 7) is 4.39. The number of carbonyl (C=O) groups excluding carboxylic acids is 2. The Balaban J connectivity index is 2.52. The molecule has 0 aromatic heterocycles. The van der Waals surface area contributed by atoms with Crippen LogP contribution in [0.25, 0.3) is 6.08 Å². The Morgan fingerprint density at radius 1 is 1.20 bits per heavy atom. The highest BCUT2D eigenvalue weighted by Gasteiger charge is 2.18. The minimum Gasteiger partial charge on any atom is -0.458 e. The zero-order chi connectivity index (χ0) is 18.7. The van der Waals surface area contributed by atoms with E-state index in [1.807, 2.05) is 30.3 Å². The van der Waals surface area contributed by atoms with E-state index in [4.69, 9.17) is 14.6 Å². The third kappa shape index (κ3) is 7.78. The molecule has 0 aliphatic rings. The molecule has 0 bridgehead atoms. The molecule has 1 aromatic rings. The molecular weight excluding hydrogens is 324 g/mol. The van der Waals surface area contributed by atoms with Crippen molar-refractivity contribution in [2.24, 2.45) is 0 Å². The molecule has 1 aromatic carbocycles. The molecule has 1 rings (SSSR count). The van der Waals surface area contributed by atoms with Gasteiger partial charge in [-0.3, -0.25) is 0 Å². The first-order chi connectivity index (χ1) is 12.0. The number of benzene rings is 1. The van der Waals surface area contributed by atoms with Gasteiger partial charge < -0.3 is 19.7 Å². The van der Waals surface area contributed by atoms with Crippen molar-refractivity contribution in [1.82, 2.24) is 0 Å². The largest absolute Gasteiger partial charge is 0.458 e. The van der Waals surface area contributed by atoms with Crippen LogP contribution in [0.4, 0.5) is 0 Å². The van der Waals surface area contributed by atoms with E-state index >= 15 is 0 Å². The Labute approximate surface area is 147 Å². The molecule has 0 spiro atoms. The van der Waals surface area contributed by atoms with E-state index in [-0.39, 0.29) is 18.8 Å². The predicted molar refractivity (Wildman–Crippen MR) is 93.5 cm³/mol. The fourth-order valence-electron chi connectivity index (χ4n) is 1.89. The molecule has 0 amide bonds. The summed E-state index contributed by atoms with van der Waals surface area (Å²) in [4.78, 5) is 23.7. The van der Waals surface area contributed by atoms with Crippen molar-refractivity contribution in [2.75, 3.05) is 19.8 Å². The second-order valence-electron chi connectivity index (χ2n) is 5.48. The molecule has 1 atom stereocenters. The van der Waals surface area contributed by atoms with Crippen LogP contribution in [-0.4, -0.2) is 48.1 Å². The summed E-state index contributed by atoms with van der Waals surface area (Å²) >= 11 is 0. The second kappa shape index (κ2) is 11.2. The molecule has 6 nitrogen and oxygen atoms in total.